The van der Waals surface area contributed by atoms with Crippen LogP contribution in [0.5, 0.6) is 0 Å². The molecule has 0 amide bonds. The summed E-state index contributed by atoms with van der Waals surface area (Å²) in [6.07, 6.45) is -4.82. The SMILES string of the molecule is C[C@@H]1CCN(c2ccc(C(F)(F)F)nn2)C[C@@H]1F. The van der Waals surface area contributed by atoms with E-state index in [0.717, 1.165) is 6.07 Å². The van der Waals surface area contributed by atoms with Gasteiger partial charge in [-0.1, -0.05) is 6.92 Å². The minimum absolute atomic E-state index is 0.0244. The van der Waals surface area contributed by atoms with Crippen LogP contribution in [-0.4, -0.2) is 29.5 Å². The van der Waals surface area contributed by atoms with Crippen LogP contribution >= 0.6 is 0 Å². The molecule has 1 aliphatic rings. The monoisotopic (exact) mass is 263 g/mol. The topological polar surface area (TPSA) is 29.0 Å². The molecule has 1 aromatic heterocycles. The van der Waals surface area contributed by atoms with E-state index < -0.39 is 18.0 Å². The van der Waals surface area contributed by atoms with E-state index in [1.165, 1.54) is 6.07 Å². The lowest BCUT2D eigenvalue weighted by Gasteiger charge is -2.33. The molecular weight excluding hydrogens is 250 g/mol. The van der Waals surface area contributed by atoms with Crippen LogP contribution < -0.4 is 4.90 Å². The molecule has 0 bridgehead atoms. The smallest absolute Gasteiger partial charge is 0.352 e. The van der Waals surface area contributed by atoms with Crippen LogP contribution in [0.4, 0.5) is 23.4 Å². The Morgan fingerprint density at radius 2 is 2.00 bits per heavy atom. The molecule has 3 nitrogen and oxygen atoms in total. The van der Waals surface area contributed by atoms with Crippen molar-refractivity contribution in [3.05, 3.63) is 17.8 Å². The second-order valence-corrected chi connectivity index (χ2v) is 4.50. The molecule has 7 heteroatoms. The number of alkyl halides is 4. The summed E-state index contributed by atoms with van der Waals surface area (Å²) in [6.45, 7) is 2.56. The average Bonchev–Trinajstić information content (AvgIpc) is 2.32. The Morgan fingerprint density at radius 3 is 2.50 bits per heavy atom. The molecule has 2 atom stereocenters. The Morgan fingerprint density at radius 1 is 1.28 bits per heavy atom. The zero-order valence-corrected chi connectivity index (χ0v) is 9.78. The fourth-order valence-corrected chi connectivity index (χ4v) is 1.88. The zero-order chi connectivity index (χ0) is 13.3. The molecule has 1 fully saturated rings. The first-order chi connectivity index (χ1) is 8.38. The van der Waals surface area contributed by atoms with Crippen molar-refractivity contribution in [3.63, 3.8) is 0 Å². The second-order valence-electron chi connectivity index (χ2n) is 4.50. The summed E-state index contributed by atoms with van der Waals surface area (Å²) in [5, 5.41) is 6.65. The van der Waals surface area contributed by atoms with Gasteiger partial charge in [0.25, 0.3) is 0 Å². The maximum absolute atomic E-state index is 13.5. The van der Waals surface area contributed by atoms with Crippen molar-refractivity contribution in [2.24, 2.45) is 5.92 Å². The minimum Gasteiger partial charge on any atom is -0.352 e. The summed E-state index contributed by atoms with van der Waals surface area (Å²) >= 11 is 0. The number of hydrogen-bond donors (Lipinski definition) is 0. The van der Waals surface area contributed by atoms with E-state index in [1.807, 2.05) is 6.92 Å². The normalized spacial score (nSPS) is 25.3. The molecule has 1 aromatic rings. The molecule has 1 aliphatic heterocycles. The molecule has 18 heavy (non-hydrogen) atoms. The van der Waals surface area contributed by atoms with E-state index in [9.17, 15) is 17.6 Å². The van der Waals surface area contributed by atoms with E-state index in [1.54, 1.807) is 4.90 Å². The van der Waals surface area contributed by atoms with Crippen LogP contribution in [0.2, 0.25) is 0 Å². The van der Waals surface area contributed by atoms with Crippen molar-refractivity contribution in [1.29, 1.82) is 0 Å². The molecule has 2 rings (SSSR count). The van der Waals surface area contributed by atoms with Gasteiger partial charge in [0.1, 0.15) is 6.17 Å². The number of rotatable bonds is 1. The summed E-state index contributed by atoms with van der Waals surface area (Å²) in [6, 6.07) is 2.10. The lowest BCUT2D eigenvalue weighted by atomic mass is 9.97. The van der Waals surface area contributed by atoms with Crippen LogP contribution in [0.1, 0.15) is 19.0 Å². The van der Waals surface area contributed by atoms with Crippen LogP contribution in [0.25, 0.3) is 0 Å². The first-order valence-electron chi connectivity index (χ1n) is 5.68. The van der Waals surface area contributed by atoms with Gasteiger partial charge in [0.2, 0.25) is 0 Å². The van der Waals surface area contributed by atoms with Crippen molar-refractivity contribution >= 4 is 5.82 Å². The molecule has 0 unspecified atom stereocenters. The fourth-order valence-electron chi connectivity index (χ4n) is 1.88. The molecule has 0 radical (unpaired) electrons. The first-order valence-corrected chi connectivity index (χ1v) is 5.68. The quantitative estimate of drug-likeness (QED) is 0.729. The number of aromatic nitrogens is 2. The molecule has 1 saturated heterocycles. The third-order valence-corrected chi connectivity index (χ3v) is 3.13. The number of hydrogen-bond acceptors (Lipinski definition) is 3. The largest absolute Gasteiger partial charge is 0.435 e. The third-order valence-electron chi connectivity index (χ3n) is 3.13. The van der Waals surface area contributed by atoms with Gasteiger partial charge in [-0.25, -0.2) is 4.39 Å². The fraction of sp³-hybridized carbons (Fsp3) is 0.636. The predicted molar refractivity (Wildman–Crippen MR) is 57.9 cm³/mol. The minimum atomic E-state index is -4.50. The molecule has 0 N–H and O–H groups in total. The van der Waals surface area contributed by atoms with E-state index in [4.69, 9.17) is 0 Å². The lowest BCUT2D eigenvalue weighted by Crippen LogP contribution is -2.41. The van der Waals surface area contributed by atoms with Gasteiger partial charge in [-0.05, 0) is 24.5 Å². The molecule has 100 valence electrons. The van der Waals surface area contributed by atoms with Gasteiger partial charge < -0.3 is 4.90 Å². The highest BCUT2D eigenvalue weighted by Crippen LogP contribution is 2.28. The Hall–Kier alpha value is -1.40. The number of piperidine rings is 1. The molecule has 0 spiro atoms. The Kier molecular flexibility index (Phi) is 3.41. The number of anilines is 1. The van der Waals surface area contributed by atoms with E-state index >= 15 is 0 Å². The Bertz CT molecular complexity index is 404. The van der Waals surface area contributed by atoms with Crippen molar-refractivity contribution in [2.75, 3.05) is 18.0 Å². The Labute approximate surface area is 102 Å². The first kappa shape index (κ1) is 13.0. The van der Waals surface area contributed by atoms with Gasteiger partial charge >= 0.3 is 6.18 Å². The summed E-state index contributed by atoms with van der Waals surface area (Å²) < 4.78 is 50.4. The molecule has 0 aromatic carbocycles. The van der Waals surface area contributed by atoms with Gasteiger partial charge in [0.15, 0.2) is 11.5 Å². The number of nitrogens with zero attached hydrogens (tertiary/aromatic N) is 3. The lowest BCUT2D eigenvalue weighted by molar-refractivity contribution is -0.141. The highest BCUT2D eigenvalue weighted by molar-refractivity contribution is 5.38. The summed E-state index contributed by atoms with van der Waals surface area (Å²) in [7, 11) is 0. The van der Waals surface area contributed by atoms with Gasteiger partial charge in [-0.3, -0.25) is 0 Å². The van der Waals surface area contributed by atoms with Crippen LogP contribution in [-0.2, 0) is 6.18 Å². The maximum Gasteiger partial charge on any atom is 0.435 e. The second kappa shape index (κ2) is 4.70. The predicted octanol–water partition coefficient (Wildman–Crippen LogP) is 2.68. The maximum atomic E-state index is 13.5. The summed E-state index contributed by atoms with van der Waals surface area (Å²) in [5.41, 5.74) is -1.03. The van der Waals surface area contributed by atoms with Crippen molar-refractivity contribution in [1.82, 2.24) is 10.2 Å². The Balaban J connectivity index is 2.11. The highest BCUT2D eigenvalue weighted by atomic mass is 19.4. The van der Waals surface area contributed by atoms with E-state index in [2.05, 4.69) is 10.2 Å². The van der Waals surface area contributed by atoms with Gasteiger partial charge in [-0.2, -0.15) is 13.2 Å². The van der Waals surface area contributed by atoms with Gasteiger partial charge in [-0.15, -0.1) is 10.2 Å². The molecule has 2 heterocycles. The van der Waals surface area contributed by atoms with Crippen molar-refractivity contribution in [3.8, 4) is 0 Å². The standard InChI is InChI=1S/C11H13F4N3/c1-7-4-5-18(6-8(7)12)10-3-2-9(16-17-10)11(13,14)15/h2-3,7-8H,4-6H2,1H3/t7-,8+/m1/s1. The summed E-state index contributed by atoms with van der Waals surface area (Å²) in [5.74, 6) is 0.265. The van der Waals surface area contributed by atoms with Gasteiger partial charge in [0.05, 0.1) is 6.54 Å². The van der Waals surface area contributed by atoms with Gasteiger partial charge in [0, 0.05) is 6.54 Å². The van der Waals surface area contributed by atoms with Crippen LogP contribution in [0.3, 0.4) is 0 Å². The van der Waals surface area contributed by atoms with Crippen molar-refractivity contribution in [2.45, 2.75) is 25.7 Å². The summed E-state index contributed by atoms with van der Waals surface area (Å²) in [4.78, 5) is 1.62. The van der Waals surface area contributed by atoms with Crippen LogP contribution in [0.15, 0.2) is 12.1 Å². The van der Waals surface area contributed by atoms with Crippen LogP contribution in [0, 0.1) is 5.92 Å². The number of halogens is 4. The zero-order valence-electron chi connectivity index (χ0n) is 9.78. The molecular formula is C11H13F4N3. The highest BCUT2D eigenvalue weighted by Gasteiger charge is 2.33. The van der Waals surface area contributed by atoms with E-state index in [0.29, 0.717) is 13.0 Å². The van der Waals surface area contributed by atoms with E-state index in [-0.39, 0.29) is 18.3 Å². The van der Waals surface area contributed by atoms with Crippen molar-refractivity contribution < 1.29 is 17.6 Å². The molecule has 0 saturated carbocycles. The average molecular weight is 263 g/mol. The third kappa shape index (κ3) is 2.70. The molecule has 0 aliphatic carbocycles.